The van der Waals surface area contributed by atoms with Crippen molar-refractivity contribution in [1.29, 1.82) is 0 Å². The zero-order chi connectivity index (χ0) is 6.31. The third-order valence-corrected chi connectivity index (χ3v) is 1.35. The maximum atomic E-state index is 10.2. The SMILES string of the molecule is [O-]C1C(O)C([O-])C1O. The summed E-state index contributed by atoms with van der Waals surface area (Å²) in [7, 11) is 0. The van der Waals surface area contributed by atoms with Gasteiger partial charge in [0, 0.05) is 12.2 Å². The summed E-state index contributed by atoms with van der Waals surface area (Å²) >= 11 is 0. The summed E-state index contributed by atoms with van der Waals surface area (Å²) in [6.07, 6.45) is -5.72. The Bertz CT molecular complexity index is 62.0. The normalized spacial score (nSPS) is 55.5. The van der Waals surface area contributed by atoms with Gasteiger partial charge in [0.2, 0.25) is 0 Å². The average molecular weight is 118 g/mol. The molecule has 0 amide bonds. The number of aliphatic hydroxyl groups is 2. The summed E-state index contributed by atoms with van der Waals surface area (Å²) < 4.78 is 0. The van der Waals surface area contributed by atoms with E-state index in [9.17, 15) is 10.2 Å². The fraction of sp³-hybridized carbons (Fsp3) is 1.00. The second-order valence-corrected chi connectivity index (χ2v) is 1.91. The Morgan fingerprint density at radius 3 is 1.25 bits per heavy atom. The van der Waals surface area contributed by atoms with E-state index in [4.69, 9.17) is 10.2 Å². The van der Waals surface area contributed by atoms with Gasteiger partial charge in [-0.3, -0.25) is 0 Å². The molecule has 4 nitrogen and oxygen atoms in total. The molecule has 0 saturated heterocycles. The number of hydrogen-bond acceptors (Lipinski definition) is 4. The van der Waals surface area contributed by atoms with Crippen molar-refractivity contribution in [2.45, 2.75) is 24.4 Å². The van der Waals surface area contributed by atoms with Gasteiger partial charge in [0.15, 0.2) is 0 Å². The molecule has 0 unspecified atom stereocenters. The zero-order valence-corrected chi connectivity index (χ0v) is 4.02. The topological polar surface area (TPSA) is 86.6 Å². The number of rotatable bonds is 0. The van der Waals surface area contributed by atoms with Crippen LogP contribution in [0.25, 0.3) is 0 Å². The van der Waals surface area contributed by atoms with Gasteiger partial charge < -0.3 is 20.4 Å². The minimum atomic E-state index is -1.47. The molecule has 2 N–H and O–H groups in total. The first kappa shape index (κ1) is 5.97. The van der Waals surface area contributed by atoms with E-state index in [1.807, 2.05) is 0 Å². The molecule has 4 heteroatoms. The Morgan fingerprint density at radius 2 is 1.12 bits per heavy atom. The molecule has 0 bridgehead atoms. The Kier molecular flexibility index (Phi) is 1.24. The molecule has 0 atom stereocenters. The van der Waals surface area contributed by atoms with Crippen molar-refractivity contribution in [2.24, 2.45) is 0 Å². The van der Waals surface area contributed by atoms with Gasteiger partial charge in [0.1, 0.15) is 0 Å². The summed E-state index contributed by atoms with van der Waals surface area (Å²) in [4.78, 5) is 0. The summed E-state index contributed by atoms with van der Waals surface area (Å²) in [5.74, 6) is 0. The minimum Gasteiger partial charge on any atom is -0.848 e. The summed E-state index contributed by atoms with van der Waals surface area (Å²) in [5.41, 5.74) is 0. The summed E-state index contributed by atoms with van der Waals surface area (Å²) in [6, 6.07) is 0. The molecule has 8 heavy (non-hydrogen) atoms. The first-order chi connectivity index (χ1) is 3.64. The largest absolute Gasteiger partial charge is 0.848 e. The van der Waals surface area contributed by atoms with Crippen LogP contribution in [0.15, 0.2) is 0 Å². The fourth-order valence-electron chi connectivity index (χ4n) is 0.632. The lowest BCUT2D eigenvalue weighted by Crippen LogP contribution is -2.73. The van der Waals surface area contributed by atoms with Crippen molar-refractivity contribution in [3.05, 3.63) is 0 Å². The third-order valence-electron chi connectivity index (χ3n) is 1.35. The van der Waals surface area contributed by atoms with Crippen LogP contribution in [-0.4, -0.2) is 34.6 Å². The van der Waals surface area contributed by atoms with Gasteiger partial charge in [0.05, 0.1) is 0 Å². The van der Waals surface area contributed by atoms with Gasteiger partial charge in [-0.2, -0.15) is 0 Å². The Morgan fingerprint density at radius 1 is 0.875 bits per heavy atom. The monoisotopic (exact) mass is 118 g/mol. The highest BCUT2D eigenvalue weighted by atomic mass is 16.4. The highest BCUT2D eigenvalue weighted by molar-refractivity contribution is 4.96. The van der Waals surface area contributed by atoms with Crippen molar-refractivity contribution in [2.75, 3.05) is 0 Å². The van der Waals surface area contributed by atoms with E-state index in [1.165, 1.54) is 0 Å². The minimum absolute atomic E-state index is 1.38. The van der Waals surface area contributed by atoms with Crippen molar-refractivity contribution >= 4 is 0 Å². The van der Waals surface area contributed by atoms with Crippen LogP contribution in [0.2, 0.25) is 0 Å². The third kappa shape index (κ3) is 0.545. The Balaban J connectivity index is 2.42. The van der Waals surface area contributed by atoms with Crippen LogP contribution in [0.5, 0.6) is 0 Å². The number of hydrogen-bond donors (Lipinski definition) is 2. The average Bonchev–Trinajstić information content (AvgIpc) is 1.83. The Labute approximate surface area is 46.0 Å². The molecule has 48 valence electrons. The molecule has 1 rings (SSSR count). The van der Waals surface area contributed by atoms with Gasteiger partial charge in [-0.1, -0.05) is 12.2 Å². The van der Waals surface area contributed by atoms with E-state index < -0.39 is 24.4 Å². The molecule has 1 aliphatic rings. The molecule has 0 aromatic carbocycles. The van der Waals surface area contributed by atoms with E-state index in [0.29, 0.717) is 0 Å². The molecule has 0 radical (unpaired) electrons. The van der Waals surface area contributed by atoms with Crippen LogP contribution < -0.4 is 10.2 Å². The van der Waals surface area contributed by atoms with Crippen molar-refractivity contribution < 1.29 is 20.4 Å². The van der Waals surface area contributed by atoms with E-state index >= 15 is 0 Å². The molecule has 1 aliphatic carbocycles. The van der Waals surface area contributed by atoms with E-state index in [-0.39, 0.29) is 0 Å². The van der Waals surface area contributed by atoms with Gasteiger partial charge >= 0.3 is 0 Å². The standard InChI is InChI=1S/C4H6O4/c5-1-2(6)4(8)3(1)7/h1-5,8H/q-2. The molecule has 0 aromatic heterocycles. The van der Waals surface area contributed by atoms with Gasteiger partial charge in [0.25, 0.3) is 0 Å². The van der Waals surface area contributed by atoms with Crippen LogP contribution in [-0.2, 0) is 0 Å². The predicted octanol–water partition coefficient (Wildman–Crippen LogP) is -3.82. The van der Waals surface area contributed by atoms with Gasteiger partial charge in [-0.15, -0.1) is 0 Å². The van der Waals surface area contributed by atoms with Crippen molar-refractivity contribution in [1.82, 2.24) is 0 Å². The summed E-state index contributed by atoms with van der Waals surface area (Å²) in [5, 5.41) is 37.1. The molecule has 1 fully saturated rings. The second-order valence-electron chi connectivity index (χ2n) is 1.91. The molecule has 0 spiro atoms. The Hall–Kier alpha value is -0.160. The van der Waals surface area contributed by atoms with Crippen molar-refractivity contribution in [3.8, 4) is 0 Å². The van der Waals surface area contributed by atoms with Crippen molar-refractivity contribution in [3.63, 3.8) is 0 Å². The smallest absolute Gasteiger partial charge is 0.0339 e. The maximum absolute atomic E-state index is 10.2. The highest BCUT2D eigenvalue weighted by Gasteiger charge is 2.33. The summed E-state index contributed by atoms with van der Waals surface area (Å²) in [6.45, 7) is 0. The highest BCUT2D eigenvalue weighted by Crippen LogP contribution is 2.15. The molecule has 0 heterocycles. The predicted molar refractivity (Wildman–Crippen MR) is 19.6 cm³/mol. The van der Waals surface area contributed by atoms with Crippen LogP contribution >= 0.6 is 0 Å². The van der Waals surface area contributed by atoms with E-state index in [2.05, 4.69) is 0 Å². The lowest BCUT2D eigenvalue weighted by Gasteiger charge is -2.55. The molecule has 1 saturated carbocycles. The van der Waals surface area contributed by atoms with E-state index in [0.717, 1.165) is 0 Å². The molecular weight excluding hydrogens is 112 g/mol. The molecular formula is C4H6O4-2. The van der Waals surface area contributed by atoms with Crippen LogP contribution in [0.4, 0.5) is 0 Å². The van der Waals surface area contributed by atoms with E-state index in [1.54, 1.807) is 0 Å². The molecule has 0 aromatic rings. The quantitative estimate of drug-likeness (QED) is 0.341. The first-order valence-corrected chi connectivity index (χ1v) is 2.32. The zero-order valence-electron chi connectivity index (χ0n) is 4.02. The number of aliphatic hydroxyl groups excluding tert-OH is 2. The van der Waals surface area contributed by atoms with Crippen LogP contribution in [0.3, 0.4) is 0 Å². The maximum Gasteiger partial charge on any atom is 0.0339 e. The molecule has 0 aliphatic heterocycles. The van der Waals surface area contributed by atoms with Crippen LogP contribution in [0.1, 0.15) is 0 Å². The fourth-order valence-corrected chi connectivity index (χ4v) is 0.632. The van der Waals surface area contributed by atoms with Crippen LogP contribution in [0, 0.1) is 0 Å². The second kappa shape index (κ2) is 1.66. The first-order valence-electron chi connectivity index (χ1n) is 2.32. The van der Waals surface area contributed by atoms with Gasteiger partial charge in [-0.25, -0.2) is 0 Å². The lowest BCUT2D eigenvalue weighted by atomic mass is 9.85. The van der Waals surface area contributed by atoms with Gasteiger partial charge in [-0.05, 0) is 0 Å². The lowest BCUT2D eigenvalue weighted by molar-refractivity contribution is -0.569.